The van der Waals surface area contributed by atoms with Gasteiger partial charge in [-0.25, -0.2) is 8.42 Å². The van der Waals surface area contributed by atoms with Gasteiger partial charge in [0.1, 0.15) is 4.90 Å². The van der Waals surface area contributed by atoms with Crippen LogP contribution >= 0.6 is 15.9 Å². The van der Waals surface area contributed by atoms with Gasteiger partial charge >= 0.3 is 0 Å². The molecule has 0 spiro atoms. The van der Waals surface area contributed by atoms with Gasteiger partial charge in [0.2, 0.25) is 10.0 Å². The topological polar surface area (TPSA) is 63.4 Å². The van der Waals surface area contributed by atoms with Gasteiger partial charge in [0.25, 0.3) is 0 Å². The quantitative estimate of drug-likeness (QED) is 0.842. The molecule has 0 aliphatic carbocycles. The van der Waals surface area contributed by atoms with Crippen molar-refractivity contribution in [2.24, 2.45) is 0 Å². The second kappa shape index (κ2) is 6.17. The molecule has 0 aliphatic heterocycles. The van der Waals surface area contributed by atoms with E-state index in [0.29, 0.717) is 5.56 Å². The highest BCUT2D eigenvalue weighted by Gasteiger charge is 2.25. The molecule has 0 aliphatic rings. The Kier molecular flexibility index (Phi) is 4.70. The van der Waals surface area contributed by atoms with E-state index in [9.17, 15) is 8.42 Å². The molecule has 6 heteroatoms. The van der Waals surface area contributed by atoms with Gasteiger partial charge in [0.05, 0.1) is 5.69 Å². The Hall–Kier alpha value is -1.37. The number of aryl methyl sites for hydroxylation is 1. The monoisotopic (exact) mass is 368 g/mol. The Morgan fingerprint density at radius 1 is 1.14 bits per heavy atom. The first-order valence-corrected chi connectivity index (χ1v) is 8.62. The summed E-state index contributed by atoms with van der Waals surface area (Å²) in [5.41, 5.74) is 7.67. The lowest BCUT2D eigenvalue weighted by Crippen LogP contribution is -2.28. The molecular weight excluding hydrogens is 352 g/mol. The van der Waals surface area contributed by atoms with E-state index in [1.165, 1.54) is 4.31 Å². The first-order valence-electron chi connectivity index (χ1n) is 6.39. The standard InChI is InChI=1S/C15H17BrN2O2S/c1-11-6-5-9-14(17)15(11)21(19,20)18(2)10-12-7-3-4-8-13(12)16/h3-9H,10,17H2,1-2H3. The fourth-order valence-corrected chi connectivity index (χ4v) is 4.01. The normalized spacial score (nSPS) is 11.8. The summed E-state index contributed by atoms with van der Waals surface area (Å²) in [6.45, 7) is 2.02. The number of nitrogens with two attached hydrogens (primary N) is 1. The maximum absolute atomic E-state index is 12.7. The highest BCUT2D eigenvalue weighted by atomic mass is 79.9. The predicted molar refractivity (Wildman–Crippen MR) is 88.4 cm³/mol. The van der Waals surface area contributed by atoms with Gasteiger partial charge < -0.3 is 5.73 Å². The third-order valence-electron chi connectivity index (χ3n) is 3.26. The number of nitrogen functional groups attached to an aromatic ring is 1. The van der Waals surface area contributed by atoms with E-state index in [2.05, 4.69) is 15.9 Å². The highest BCUT2D eigenvalue weighted by molar-refractivity contribution is 9.10. The number of halogens is 1. The maximum atomic E-state index is 12.7. The average molecular weight is 369 g/mol. The van der Waals surface area contributed by atoms with Crippen LogP contribution in [0.3, 0.4) is 0 Å². The lowest BCUT2D eigenvalue weighted by atomic mass is 10.2. The van der Waals surface area contributed by atoms with E-state index in [0.717, 1.165) is 10.0 Å². The molecule has 0 unspecified atom stereocenters. The number of hydrogen-bond acceptors (Lipinski definition) is 3. The molecule has 2 N–H and O–H groups in total. The summed E-state index contributed by atoms with van der Waals surface area (Å²) in [6.07, 6.45) is 0. The van der Waals surface area contributed by atoms with Crippen molar-refractivity contribution >= 4 is 31.6 Å². The molecule has 21 heavy (non-hydrogen) atoms. The minimum atomic E-state index is -3.63. The fraction of sp³-hybridized carbons (Fsp3) is 0.200. The first-order chi connectivity index (χ1) is 9.84. The van der Waals surface area contributed by atoms with Gasteiger partial charge in [-0.05, 0) is 30.2 Å². The van der Waals surface area contributed by atoms with E-state index >= 15 is 0 Å². The predicted octanol–water partition coefficient (Wildman–Crippen LogP) is 3.16. The molecule has 0 bridgehead atoms. The molecule has 0 aromatic heterocycles. The van der Waals surface area contributed by atoms with Crippen molar-refractivity contribution in [1.29, 1.82) is 0 Å². The van der Waals surface area contributed by atoms with Crippen molar-refractivity contribution in [1.82, 2.24) is 4.31 Å². The van der Waals surface area contributed by atoms with Crippen molar-refractivity contribution in [3.05, 3.63) is 58.1 Å². The number of hydrogen-bond donors (Lipinski definition) is 1. The number of benzene rings is 2. The number of nitrogens with zero attached hydrogens (tertiary/aromatic N) is 1. The van der Waals surface area contributed by atoms with E-state index in [-0.39, 0.29) is 17.1 Å². The molecule has 0 heterocycles. The zero-order valence-electron chi connectivity index (χ0n) is 11.9. The Balaban J connectivity index is 2.38. The Bertz CT molecular complexity index is 740. The van der Waals surface area contributed by atoms with Gasteiger partial charge in [-0.1, -0.05) is 46.3 Å². The SMILES string of the molecule is Cc1cccc(N)c1S(=O)(=O)N(C)Cc1ccccc1Br. The molecule has 2 rings (SSSR count). The van der Waals surface area contributed by atoms with Crippen LogP contribution in [0.5, 0.6) is 0 Å². The number of rotatable bonds is 4. The molecule has 0 saturated heterocycles. The van der Waals surface area contributed by atoms with E-state index in [1.807, 2.05) is 24.3 Å². The van der Waals surface area contributed by atoms with Gasteiger partial charge in [-0.3, -0.25) is 0 Å². The Labute approximate surface area is 133 Å². The van der Waals surface area contributed by atoms with Crippen molar-refractivity contribution in [3.63, 3.8) is 0 Å². The second-order valence-corrected chi connectivity index (χ2v) is 7.68. The van der Waals surface area contributed by atoms with Crippen LogP contribution in [0.15, 0.2) is 51.8 Å². The van der Waals surface area contributed by atoms with Crippen molar-refractivity contribution in [2.75, 3.05) is 12.8 Å². The van der Waals surface area contributed by atoms with Crippen molar-refractivity contribution in [3.8, 4) is 0 Å². The zero-order chi connectivity index (χ0) is 15.6. The van der Waals surface area contributed by atoms with E-state index in [4.69, 9.17) is 5.73 Å². The molecule has 0 saturated carbocycles. The van der Waals surface area contributed by atoms with Crippen LogP contribution in [-0.2, 0) is 16.6 Å². The smallest absolute Gasteiger partial charge is 0.245 e. The summed E-state index contributed by atoms with van der Waals surface area (Å²) < 4.78 is 27.6. The van der Waals surface area contributed by atoms with Crippen LogP contribution in [0.2, 0.25) is 0 Å². The average Bonchev–Trinajstić information content (AvgIpc) is 2.40. The fourth-order valence-electron chi connectivity index (χ4n) is 2.13. The summed E-state index contributed by atoms with van der Waals surface area (Å²) in [6, 6.07) is 12.6. The zero-order valence-corrected chi connectivity index (χ0v) is 14.3. The van der Waals surface area contributed by atoms with Crippen LogP contribution in [0, 0.1) is 6.92 Å². The third-order valence-corrected chi connectivity index (χ3v) is 6.06. The van der Waals surface area contributed by atoms with Gasteiger partial charge in [-0.2, -0.15) is 4.31 Å². The number of sulfonamides is 1. The molecule has 4 nitrogen and oxygen atoms in total. The van der Waals surface area contributed by atoms with E-state index in [1.54, 1.807) is 32.2 Å². The largest absolute Gasteiger partial charge is 0.398 e. The lowest BCUT2D eigenvalue weighted by Gasteiger charge is -2.20. The van der Waals surface area contributed by atoms with Crippen LogP contribution in [0.1, 0.15) is 11.1 Å². The maximum Gasteiger partial charge on any atom is 0.245 e. The Morgan fingerprint density at radius 3 is 2.43 bits per heavy atom. The van der Waals surface area contributed by atoms with Gasteiger partial charge in [-0.15, -0.1) is 0 Å². The molecule has 0 fully saturated rings. The van der Waals surface area contributed by atoms with Gasteiger partial charge in [0.15, 0.2) is 0 Å². The minimum Gasteiger partial charge on any atom is -0.398 e. The molecule has 112 valence electrons. The van der Waals surface area contributed by atoms with E-state index < -0.39 is 10.0 Å². The summed E-state index contributed by atoms with van der Waals surface area (Å²) in [7, 11) is -2.07. The minimum absolute atomic E-state index is 0.180. The lowest BCUT2D eigenvalue weighted by molar-refractivity contribution is 0.466. The molecular formula is C15H17BrN2O2S. The van der Waals surface area contributed by atoms with Crippen molar-refractivity contribution in [2.45, 2.75) is 18.4 Å². The van der Waals surface area contributed by atoms with Gasteiger partial charge in [0, 0.05) is 18.1 Å². The van der Waals surface area contributed by atoms with Crippen LogP contribution in [0.25, 0.3) is 0 Å². The van der Waals surface area contributed by atoms with Crippen LogP contribution < -0.4 is 5.73 Å². The van der Waals surface area contributed by atoms with Crippen LogP contribution in [-0.4, -0.2) is 19.8 Å². The molecule has 0 atom stereocenters. The molecule has 2 aromatic rings. The second-order valence-electron chi connectivity index (χ2n) is 4.85. The molecule has 0 radical (unpaired) electrons. The van der Waals surface area contributed by atoms with Crippen LogP contribution in [0.4, 0.5) is 5.69 Å². The third kappa shape index (κ3) is 3.28. The van der Waals surface area contributed by atoms with Crippen molar-refractivity contribution < 1.29 is 8.42 Å². The molecule has 0 amide bonds. The summed E-state index contributed by atoms with van der Waals surface area (Å²) >= 11 is 3.43. The number of anilines is 1. The highest BCUT2D eigenvalue weighted by Crippen LogP contribution is 2.27. The Morgan fingerprint density at radius 2 is 1.81 bits per heavy atom. The summed E-state index contributed by atoms with van der Waals surface area (Å²) in [5.74, 6) is 0. The summed E-state index contributed by atoms with van der Waals surface area (Å²) in [5, 5.41) is 0. The first kappa shape index (κ1) is 16.0. The molecule has 2 aromatic carbocycles. The summed E-state index contributed by atoms with van der Waals surface area (Å²) in [4.78, 5) is 0.180.